The first-order chi connectivity index (χ1) is 13.3. The molecule has 27 heavy (non-hydrogen) atoms. The summed E-state index contributed by atoms with van der Waals surface area (Å²) in [7, 11) is 0. The Morgan fingerprint density at radius 3 is 1.70 bits per heavy atom. The fourth-order valence-electron chi connectivity index (χ4n) is 3.25. The zero-order valence-electron chi connectivity index (χ0n) is 15.5. The van der Waals surface area contributed by atoms with E-state index in [-0.39, 0.29) is 0 Å². The molecule has 0 fully saturated rings. The maximum atomic E-state index is 5.43. The Morgan fingerprint density at radius 1 is 0.667 bits per heavy atom. The van der Waals surface area contributed by atoms with Gasteiger partial charge >= 0.3 is 0 Å². The van der Waals surface area contributed by atoms with Gasteiger partial charge in [-0.1, -0.05) is 91.0 Å². The summed E-state index contributed by atoms with van der Waals surface area (Å²) in [6.07, 6.45) is 1.97. The van der Waals surface area contributed by atoms with Gasteiger partial charge in [0.15, 0.2) is 5.11 Å². The number of hydrogen-bond acceptors (Lipinski definition) is 1. The topological polar surface area (TPSA) is 24.1 Å². The van der Waals surface area contributed by atoms with E-state index < -0.39 is 0 Å². The minimum absolute atomic E-state index is 0.368. The molecule has 2 N–H and O–H groups in total. The van der Waals surface area contributed by atoms with Gasteiger partial charge in [0.25, 0.3) is 0 Å². The van der Waals surface area contributed by atoms with Crippen LogP contribution in [0.2, 0.25) is 0 Å². The van der Waals surface area contributed by atoms with Crippen molar-refractivity contribution in [2.75, 3.05) is 13.1 Å². The van der Waals surface area contributed by atoms with Crippen LogP contribution in [0.4, 0.5) is 0 Å². The molecular formula is C24H26N2S. The maximum Gasteiger partial charge on any atom is 0.166 e. The zero-order valence-corrected chi connectivity index (χ0v) is 16.3. The summed E-state index contributed by atoms with van der Waals surface area (Å²) in [5, 5.41) is 7.39. The Labute approximate surface area is 167 Å². The van der Waals surface area contributed by atoms with E-state index in [9.17, 15) is 0 Å². The quantitative estimate of drug-likeness (QED) is 0.548. The monoisotopic (exact) mass is 374 g/mol. The van der Waals surface area contributed by atoms with Crippen molar-refractivity contribution in [3.8, 4) is 0 Å². The lowest BCUT2D eigenvalue weighted by molar-refractivity contribution is 0.684. The van der Waals surface area contributed by atoms with Crippen LogP contribution in [0.15, 0.2) is 91.0 Å². The van der Waals surface area contributed by atoms with Gasteiger partial charge in [-0.05, 0) is 41.7 Å². The average Bonchev–Trinajstić information content (AvgIpc) is 2.73. The van der Waals surface area contributed by atoms with Crippen LogP contribution in [0.1, 0.15) is 29.0 Å². The molecule has 2 nitrogen and oxygen atoms in total. The molecule has 0 aliphatic carbocycles. The average molecular weight is 375 g/mol. The normalized spacial score (nSPS) is 10.6. The summed E-state index contributed by atoms with van der Waals surface area (Å²) < 4.78 is 0. The number of nitrogens with one attached hydrogen (secondary N) is 2. The standard InChI is InChI=1S/C24H26N2S/c27-24(25-18-16-20-10-4-1-5-11-20)26-19-17-23(21-12-6-2-7-13-21)22-14-8-3-9-15-22/h1-15,23H,16-19H2,(H2,25,26,27). The van der Waals surface area contributed by atoms with Crippen LogP contribution < -0.4 is 10.6 Å². The molecule has 0 saturated carbocycles. The predicted octanol–water partition coefficient (Wildman–Crippen LogP) is 4.92. The van der Waals surface area contributed by atoms with Gasteiger partial charge in [-0.25, -0.2) is 0 Å². The number of benzene rings is 3. The third-order valence-corrected chi connectivity index (χ3v) is 4.95. The molecule has 3 aromatic carbocycles. The highest BCUT2D eigenvalue weighted by Gasteiger charge is 2.13. The van der Waals surface area contributed by atoms with E-state index in [2.05, 4.69) is 95.6 Å². The van der Waals surface area contributed by atoms with E-state index in [1.165, 1.54) is 16.7 Å². The second-order valence-corrected chi connectivity index (χ2v) is 6.99. The molecule has 0 aliphatic rings. The Hall–Kier alpha value is -2.65. The molecule has 3 aromatic rings. The number of thiocarbonyl (C=S) groups is 1. The van der Waals surface area contributed by atoms with Gasteiger partial charge in [0.1, 0.15) is 0 Å². The predicted molar refractivity (Wildman–Crippen MR) is 118 cm³/mol. The van der Waals surface area contributed by atoms with Crippen LogP contribution in [-0.2, 0) is 6.42 Å². The first kappa shape index (κ1) is 19.1. The second kappa shape index (κ2) is 10.5. The SMILES string of the molecule is S=C(NCCc1ccccc1)NCCC(c1ccccc1)c1ccccc1. The summed E-state index contributed by atoms with van der Waals surface area (Å²) in [5.41, 5.74) is 4.00. The minimum atomic E-state index is 0.368. The van der Waals surface area contributed by atoms with Crippen LogP contribution in [0, 0.1) is 0 Å². The number of hydrogen-bond donors (Lipinski definition) is 2. The van der Waals surface area contributed by atoms with Gasteiger partial charge in [0, 0.05) is 19.0 Å². The Morgan fingerprint density at radius 2 is 1.15 bits per heavy atom. The van der Waals surface area contributed by atoms with Gasteiger partial charge in [0.05, 0.1) is 0 Å². The van der Waals surface area contributed by atoms with E-state index in [4.69, 9.17) is 12.2 Å². The molecule has 0 aliphatic heterocycles. The van der Waals surface area contributed by atoms with Crippen LogP contribution in [0.5, 0.6) is 0 Å². The molecule has 0 atom stereocenters. The van der Waals surface area contributed by atoms with E-state index in [0.29, 0.717) is 5.92 Å². The number of rotatable bonds is 8. The van der Waals surface area contributed by atoms with Crippen molar-refractivity contribution in [2.45, 2.75) is 18.8 Å². The molecule has 0 unspecified atom stereocenters. The summed E-state index contributed by atoms with van der Waals surface area (Å²) in [5.74, 6) is 0.368. The summed E-state index contributed by atoms with van der Waals surface area (Å²) >= 11 is 5.43. The smallest absolute Gasteiger partial charge is 0.166 e. The highest BCUT2D eigenvalue weighted by Crippen LogP contribution is 2.27. The Bertz CT molecular complexity index is 764. The molecule has 138 valence electrons. The van der Waals surface area contributed by atoms with Crippen molar-refractivity contribution in [2.24, 2.45) is 0 Å². The van der Waals surface area contributed by atoms with Crippen LogP contribution in [-0.4, -0.2) is 18.2 Å². The first-order valence-electron chi connectivity index (χ1n) is 9.48. The molecule has 0 spiro atoms. The fourth-order valence-corrected chi connectivity index (χ4v) is 3.46. The lowest BCUT2D eigenvalue weighted by Gasteiger charge is -2.19. The third kappa shape index (κ3) is 6.22. The summed E-state index contributed by atoms with van der Waals surface area (Å²) in [6, 6.07) is 31.8. The summed E-state index contributed by atoms with van der Waals surface area (Å²) in [6.45, 7) is 1.68. The minimum Gasteiger partial charge on any atom is -0.363 e. The Kier molecular flexibility index (Phi) is 7.43. The van der Waals surface area contributed by atoms with Crippen molar-refractivity contribution in [3.63, 3.8) is 0 Å². The lowest BCUT2D eigenvalue weighted by Crippen LogP contribution is -2.37. The van der Waals surface area contributed by atoms with Crippen LogP contribution >= 0.6 is 12.2 Å². The van der Waals surface area contributed by atoms with Crippen molar-refractivity contribution >= 4 is 17.3 Å². The fraction of sp³-hybridized carbons (Fsp3) is 0.208. The van der Waals surface area contributed by atoms with Crippen molar-refractivity contribution in [1.82, 2.24) is 10.6 Å². The van der Waals surface area contributed by atoms with Crippen molar-refractivity contribution in [1.29, 1.82) is 0 Å². The highest BCUT2D eigenvalue weighted by atomic mass is 32.1. The van der Waals surface area contributed by atoms with E-state index in [0.717, 1.165) is 31.0 Å². The molecular weight excluding hydrogens is 348 g/mol. The highest BCUT2D eigenvalue weighted by molar-refractivity contribution is 7.80. The molecule has 3 heteroatoms. The lowest BCUT2D eigenvalue weighted by atomic mass is 9.88. The molecule has 0 saturated heterocycles. The molecule has 0 aromatic heterocycles. The van der Waals surface area contributed by atoms with Crippen molar-refractivity contribution in [3.05, 3.63) is 108 Å². The van der Waals surface area contributed by atoms with Crippen LogP contribution in [0.25, 0.3) is 0 Å². The van der Waals surface area contributed by atoms with Gasteiger partial charge in [-0.3, -0.25) is 0 Å². The van der Waals surface area contributed by atoms with E-state index in [1.54, 1.807) is 0 Å². The molecule has 0 bridgehead atoms. The molecule has 0 heterocycles. The van der Waals surface area contributed by atoms with Crippen LogP contribution in [0.3, 0.4) is 0 Å². The third-order valence-electron chi connectivity index (χ3n) is 4.66. The van der Waals surface area contributed by atoms with Gasteiger partial charge in [-0.2, -0.15) is 0 Å². The first-order valence-corrected chi connectivity index (χ1v) is 9.89. The second-order valence-electron chi connectivity index (χ2n) is 6.58. The Balaban J connectivity index is 1.48. The molecule has 3 rings (SSSR count). The molecule has 0 amide bonds. The van der Waals surface area contributed by atoms with Crippen molar-refractivity contribution < 1.29 is 0 Å². The van der Waals surface area contributed by atoms with Gasteiger partial charge < -0.3 is 10.6 Å². The van der Waals surface area contributed by atoms with Gasteiger partial charge in [-0.15, -0.1) is 0 Å². The summed E-state index contributed by atoms with van der Waals surface area (Å²) in [4.78, 5) is 0. The van der Waals surface area contributed by atoms with E-state index >= 15 is 0 Å². The zero-order chi connectivity index (χ0) is 18.7. The molecule has 0 radical (unpaired) electrons. The van der Waals surface area contributed by atoms with E-state index in [1.807, 2.05) is 6.07 Å². The largest absolute Gasteiger partial charge is 0.363 e. The van der Waals surface area contributed by atoms with Gasteiger partial charge in [0.2, 0.25) is 0 Å². The maximum absolute atomic E-state index is 5.43.